The summed E-state index contributed by atoms with van der Waals surface area (Å²) < 4.78 is 5.18. The number of carbonyl (C=O) groups is 3. The van der Waals surface area contributed by atoms with Gasteiger partial charge in [0.25, 0.3) is 0 Å². The molecule has 0 bridgehead atoms. The minimum atomic E-state index is -0.378. The minimum absolute atomic E-state index is 0.0198. The predicted octanol–water partition coefficient (Wildman–Crippen LogP) is 2.81. The van der Waals surface area contributed by atoms with E-state index in [0.29, 0.717) is 33.6 Å². The predicted molar refractivity (Wildman–Crippen MR) is 83.2 cm³/mol. The third-order valence-electron chi connectivity index (χ3n) is 4.37. The van der Waals surface area contributed by atoms with Crippen molar-refractivity contribution in [3.8, 4) is 5.75 Å². The fourth-order valence-corrected chi connectivity index (χ4v) is 3.23. The molecule has 23 heavy (non-hydrogen) atoms. The second kappa shape index (κ2) is 4.74. The van der Waals surface area contributed by atoms with Crippen molar-refractivity contribution in [3.05, 3.63) is 75.9 Å². The second-order valence-corrected chi connectivity index (χ2v) is 5.59. The van der Waals surface area contributed by atoms with Gasteiger partial charge in [0.1, 0.15) is 5.75 Å². The van der Waals surface area contributed by atoms with Crippen LogP contribution < -0.4 is 4.74 Å². The lowest BCUT2D eigenvalue weighted by molar-refractivity contribution is 0.0921. The zero-order valence-electron chi connectivity index (χ0n) is 12.4. The highest BCUT2D eigenvalue weighted by atomic mass is 16.5. The van der Waals surface area contributed by atoms with Gasteiger partial charge in [0.15, 0.2) is 17.3 Å². The SMILES string of the molecule is COc1ccc2c(c1)CC1=C(C2=O)C(=O)c2ccccc2C1=O. The standard InChI is InChI=1S/C19H12O4/c1-23-11-6-7-12-10(8-11)9-15-16(18(12)21)19(22)14-5-3-2-4-13(14)17(15)20/h2-8H,9H2,1H3. The summed E-state index contributed by atoms with van der Waals surface area (Å²) in [5, 5.41) is 0. The first-order valence-electron chi connectivity index (χ1n) is 7.25. The van der Waals surface area contributed by atoms with Crippen molar-refractivity contribution in [2.45, 2.75) is 6.42 Å². The number of hydrogen-bond acceptors (Lipinski definition) is 4. The largest absolute Gasteiger partial charge is 0.497 e. The summed E-state index contributed by atoms with van der Waals surface area (Å²) in [7, 11) is 1.54. The molecule has 4 nitrogen and oxygen atoms in total. The number of ketones is 3. The first-order chi connectivity index (χ1) is 11.1. The number of hydrogen-bond donors (Lipinski definition) is 0. The Labute approximate surface area is 132 Å². The molecule has 0 saturated carbocycles. The summed E-state index contributed by atoms with van der Waals surface area (Å²) in [5.74, 6) is -0.356. The number of allylic oxidation sites excluding steroid dienone is 2. The molecule has 0 fully saturated rings. The molecule has 112 valence electrons. The Morgan fingerprint density at radius 2 is 1.48 bits per heavy atom. The quantitative estimate of drug-likeness (QED) is 0.760. The van der Waals surface area contributed by atoms with Gasteiger partial charge in [-0.3, -0.25) is 14.4 Å². The smallest absolute Gasteiger partial charge is 0.198 e. The Kier molecular flexibility index (Phi) is 2.81. The number of fused-ring (bicyclic) bond motifs is 2. The van der Waals surface area contributed by atoms with E-state index in [1.165, 1.54) is 0 Å². The van der Waals surface area contributed by atoms with Gasteiger partial charge in [0.05, 0.1) is 12.7 Å². The summed E-state index contributed by atoms with van der Waals surface area (Å²) in [4.78, 5) is 38.1. The lowest BCUT2D eigenvalue weighted by Crippen LogP contribution is -2.31. The summed E-state index contributed by atoms with van der Waals surface area (Å²) in [6.45, 7) is 0. The maximum absolute atomic E-state index is 12.7. The van der Waals surface area contributed by atoms with Crippen molar-refractivity contribution < 1.29 is 19.1 Å². The van der Waals surface area contributed by atoms with Gasteiger partial charge < -0.3 is 4.74 Å². The van der Waals surface area contributed by atoms with Crippen molar-refractivity contribution in [3.63, 3.8) is 0 Å². The van der Waals surface area contributed by atoms with E-state index in [1.54, 1.807) is 49.6 Å². The van der Waals surface area contributed by atoms with E-state index in [0.717, 1.165) is 0 Å². The van der Waals surface area contributed by atoms with Crippen LogP contribution in [0.4, 0.5) is 0 Å². The summed E-state index contributed by atoms with van der Waals surface area (Å²) in [6, 6.07) is 11.7. The molecule has 0 amide bonds. The van der Waals surface area contributed by atoms with Crippen LogP contribution in [0.2, 0.25) is 0 Å². The molecule has 0 spiro atoms. The van der Waals surface area contributed by atoms with Crippen LogP contribution in [0, 0.1) is 0 Å². The fraction of sp³-hybridized carbons (Fsp3) is 0.105. The average molecular weight is 304 g/mol. The zero-order valence-corrected chi connectivity index (χ0v) is 12.4. The molecule has 0 N–H and O–H groups in total. The molecule has 2 aromatic rings. The van der Waals surface area contributed by atoms with Gasteiger partial charge in [-0.05, 0) is 23.8 Å². The molecule has 0 atom stereocenters. The van der Waals surface area contributed by atoms with E-state index in [1.807, 2.05) is 0 Å². The zero-order chi connectivity index (χ0) is 16.1. The topological polar surface area (TPSA) is 60.4 Å². The minimum Gasteiger partial charge on any atom is -0.497 e. The van der Waals surface area contributed by atoms with Crippen molar-refractivity contribution in [1.29, 1.82) is 0 Å². The molecule has 0 aromatic heterocycles. The Balaban J connectivity index is 1.92. The normalized spacial score (nSPS) is 16.0. The highest BCUT2D eigenvalue weighted by Gasteiger charge is 2.39. The molecule has 2 aliphatic carbocycles. The third-order valence-corrected chi connectivity index (χ3v) is 4.37. The Hall–Kier alpha value is -3.01. The number of carbonyl (C=O) groups excluding carboxylic acids is 3. The Morgan fingerprint density at radius 3 is 2.17 bits per heavy atom. The first-order valence-corrected chi connectivity index (χ1v) is 7.25. The van der Waals surface area contributed by atoms with Crippen molar-refractivity contribution in [2.24, 2.45) is 0 Å². The van der Waals surface area contributed by atoms with E-state index < -0.39 is 0 Å². The maximum atomic E-state index is 12.7. The van der Waals surface area contributed by atoms with E-state index >= 15 is 0 Å². The highest BCUT2D eigenvalue weighted by molar-refractivity contribution is 6.40. The van der Waals surface area contributed by atoms with Crippen LogP contribution in [0.3, 0.4) is 0 Å². The fourth-order valence-electron chi connectivity index (χ4n) is 3.23. The van der Waals surface area contributed by atoms with Crippen LogP contribution in [0.1, 0.15) is 36.6 Å². The molecular weight excluding hydrogens is 292 g/mol. The summed E-state index contributed by atoms with van der Waals surface area (Å²) in [5.41, 5.74) is 2.17. The Bertz CT molecular complexity index is 934. The van der Waals surface area contributed by atoms with E-state index in [-0.39, 0.29) is 29.3 Å². The molecule has 0 radical (unpaired) electrons. The monoisotopic (exact) mass is 304 g/mol. The van der Waals surface area contributed by atoms with Gasteiger partial charge in [0.2, 0.25) is 0 Å². The van der Waals surface area contributed by atoms with E-state index in [9.17, 15) is 14.4 Å². The lowest BCUT2D eigenvalue weighted by Gasteiger charge is -2.25. The van der Waals surface area contributed by atoms with Gasteiger partial charge >= 0.3 is 0 Å². The third kappa shape index (κ3) is 1.81. The molecular formula is C19H12O4. The Morgan fingerprint density at radius 1 is 0.826 bits per heavy atom. The van der Waals surface area contributed by atoms with Crippen molar-refractivity contribution in [2.75, 3.05) is 7.11 Å². The maximum Gasteiger partial charge on any atom is 0.198 e. The van der Waals surface area contributed by atoms with Crippen LogP contribution in [-0.4, -0.2) is 24.5 Å². The number of Topliss-reactive ketones (excluding diaryl/α,β-unsaturated/α-hetero) is 3. The van der Waals surface area contributed by atoms with Crippen LogP contribution in [0.25, 0.3) is 0 Å². The van der Waals surface area contributed by atoms with Gasteiger partial charge in [-0.1, -0.05) is 24.3 Å². The molecule has 0 saturated heterocycles. The lowest BCUT2D eigenvalue weighted by atomic mass is 9.74. The van der Waals surface area contributed by atoms with Gasteiger partial charge in [-0.2, -0.15) is 0 Å². The summed E-state index contributed by atoms with van der Waals surface area (Å²) >= 11 is 0. The molecule has 0 heterocycles. The number of benzene rings is 2. The molecule has 2 aromatic carbocycles. The second-order valence-electron chi connectivity index (χ2n) is 5.59. The van der Waals surface area contributed by atoms with Crippen LogP contribution >= 0.6 is 0 Å². The van der Waals surface area contributed by atoms with Crippen LogP contribution in [-0.2, 0) is 6.42 Å². The van der Waals surface area contributed by atoms with E-state index in [2.05, 4.69) is 0 Å². The van der Waals surface area contributed by atoms with E-state index in [4.69, 9.17) is 4.74 Å². The number of methoxy groups -OCH3 is 1. The number of ether oxygens (including phenoxy) is 1. The molecule has 2 aliphatic rings. The van der Waals surface area contributed by atoms with Gasteiger partial charge in [-0.15, -0.1) is 0 Å². The van der Waals surface area contributed by atoms with Crippen LogP contribution in [0.15, 0.2) is 53.6 Å². The number of rotatable bonds is 1. The van der Waals surface area contributed by atoms with Gasteiger partial charge in [-0.25, -0.2) is 0 Å². The van der Waals surface area contributed by atoms with Crippen molar-refractivity contribution >= 4 is 17.3 Å². The molecule has 4 rings (SSSR count). The van der Waals surface area contributed by atoms with Crippen molar-refractivity contribution in [1.82, 2.24) is 0 Å². The molecule has 0 unspecified atom stereocenters. The average Bonchev–Trinajstić information content (AvgIpc) is 2.59. The highest BCUT2D eigenvalue weighted by Crippen LogP contribution is 2.36. The first kappa shape index (κ1) is 13.6. The molecule has 0 aliphatic heterocycles. The van der Waals surface area contributed by atoms with Gasteiger partial charge in [0, 0.05) is 28.7 Å². The van der Waals surface area contributed by atoms with Crippen LogP contribution in [0.5, 0.6) is 5.75 Å². The molecule has 4 heteroatoms. The summed E-state index contributed by atoms with van der Waals surface area (Å²) in [6.07, 6.45) is 0.270.